The lowest BCUT2D eigenvalue weighted by Crippen LogP contribution is -2.10. The number of rotatable bonds is 6. The predicted octanol–water partition coefficient (Wildman–Crippen LogP) is 4.00. The summed E-state index contributed by atoms with van der Waals surface area (Å²) in [5, 5.41) is 36.0. The van der Waals surface area contributed by atoms with Crippen LogP contribution in [0.5, 0.6) is 0 Å². The first kappa shape index (κ1) is 35.5. The molecular formula is C24H20I2N4O10. The summed E-state index contributed by atoms with van der Waals surface area (Å²) >= 11 is 4.59. The van der Waals surface area contributed by atoms with E-state index in [-0.39, 0.29) is 22.5 Å². The molecule has 210 valence electrons. The van der Waals surface area contributed by atoms with Crippen molar-refractivity contribution in [3.63, 3.8) is 0 Å². The molecule has 0 saturated carbocycles. The summed E-state index contributed by atoms with van der Waals surface area (Å²) in [5.41, 5.74) is 10.3. The number of carbonyl (C=O) groups excluding carboxylic acids is 2. The molecule has 3 aromatic carbocycles. The second-order valence-electron chi connectivity index (χ2n) is 6.78. The fraction of sp³-hybridized carbons (Fsp3) is 0. The van der Waals surface area contributed by atoms with Gasteiger partial charge < -0.3 is 21.7 Å². The van der Waals surface area contributed by atoms with E-state index >= 15 is 0 Å². The van der Waals surface area contributed by atoms with Crippen LogP contribution in [0.15, 0.2) is 84.9 Å². The van der Waals surface area contributed by atoms with Gasteiger partial charge in [0, 0.05) is 54.7 Å². The number of primary amides is 2. The third kappa shape index (κ3) is 16.4. The fourth-order valence-corrected chi connectivity index (χ4v) is 2.79. The van der Waals surface area contributed by atoms with Crippen molar-refractivity contribution in [1.82, 2.24) is 0 Å². The van der Waals surface area contributed by atoms with E-state index < -0.39 is 33.6 Å². The number of benzene rings is 3. The number of carboxylic acid groups (broad SMARTS) is 2. The van der Waals surface area contributed by atoms with Gasteiger partial charge in [-0.2, -0.15) is 0 Å². The summed E-state index contributed by atoms with van der Waals surface area (Å²) < 4.78 is 2.59. The Kier molecular flexibility index (Phi) is 16.6. The van der Waals surface area contributed by atoms with Gasteiger partial charge in [0.1, 0.15) is 0 Å². The van der Waals surface area contributed by atoms with Gasteiger partial charge in [0.15, 0.2) is 0 Å². The minimum atomic E-state index is -1.26. The zero-order chi connectivity index (χ0) is 30.8. The average Bonchev–Trinajstić information content (AvgIpc) is 2.90. The minimum Gasteiger partial charge on any atom is -0.478 e. The second-order valence-corrected chi connectivity index (χ2v) is 9.27. The number of carbonyl (C=O) groups is 4. The third-order valence-electron chi connectivity index (χ3n) is 3.90. The maximum Gasteiger partial charge on any atom is 0.328 e. The van der Waals surface area contributed by atoms with Crippen molar-refractivity contribution >= 4 is 80.3 Å². The molecule has 0 atom stereocenters. The van der Waals surface area contributed by atoms with Crippen LogP contribution in [0, 0.1) is 27.4 Å². The van der Waals surface area contributed by atoms with E-state index in [2.05, 4.69) is 69.4 Å². The van der Waals surface area contributed by atoms with Gasteiger partial charge in [-0.05, 0) is 93.7 Å². The highest BCUT2D eigenvalue weighted by atomic mass is 127. The molecule has 0 aromatic heterocycles. The molecule has 40 heavy (non-hydrogen) atoms. The molecule has 0 aliphatic carbocycles. The Labute approximate surface area is 253 Å². The number of nitrogens with two attached hydrogens (primary N) is 2. The van der Waals surface area contributed by atoms with E-state index in [4.69, 9.17) is 21.7 Å². The van der Waals surface area contributed by atoms with Crippen LogP contribution < -0.4 is 11.5 Å². The summed E-state index contributed by atoms with van der Waals surface area (Å²) in [7, 11) is 0. The number of aliphatic carboxylic acids is 2. The monoisotopic (exact) mass is 778 g/mol. The van der Waals surface area contributed by atoms with Gasteiger partial charge in [0.25, 0.3) is 11.4 Å². The van der Waals surface area contributed by atoms with Gasteiger partial charge in [-0.1, -0.05) is 0 Å². The molecule has 0 saturated heterocycles. The van der Waals surface area contributed by atoms with Crippen molar-refractivity contribution in [2.45, 2.75) is 0 Å². The van der Waals surface area contributed by atoms with Crippen LogP contribution in [-0.2, 0) is 9.59 Å². The minimum absolute atomic E-state index is 0.0556. The number of amides is 2. The highest BCUT2D eigenvalue weighted by Crippen LogP contribution is 2.12. The number of nitrogens with zero attached hydrogens (tertiary/aromatic N) is 2. The summed E-state index contributed by atoms with van der Waals surface area (Å²) in [6.45, 7) is 0. The van der Waals surface area contributed by atoms with Gasteiger partial charge in [0.2, 0.25) is 11.8 Å². The summed E-state index contributed by atoms with van der Waals surface area (Å²) in [4.78, 5) is 59.4. The molecule has 0 spiro atoms. The normalized spacial score (nSPS) is 9.35. The fourth-order valence-electron chi connectivity index (χ4n) is 2.07. The van der Waals surface area contributed by atoms with Crippen molar-refractivity contribution in [2.75, 3.05) is 0 Å². The first-order valence-electron chi connectivity index (χ1n) is 10.3. The number of hydrogen-bond donors (Lipinski definition) is 4. The van der Waals surface area contributed by atoms with Gasteiger partial charge in [-0.3, -0.25) is 29.8 Å². The standard InChI is InChI=1S/2C7H6N2O3.C6H4I2.C4H4O4/c2*8-7(10)5-1-3-6(4-2-5)9(11)12;7-5-1-2-6(8)4-3-5;5-3(6)1-2-4(7)8/h2*1-4H,(H2,8,10);1-4H;1-2H,(H,5,6)(H,7,8)/b;;;2-1+. The number of halogens is 2. The lowest BCUT2D eigenvalue weighted by molar-refractivity contribution is -0.385. The van der Waals surface area contributed by atoms with Crippen LogP contribution in [-0.4, -0.2) is 43.8 Å². The molecule has 0 unspecified atom stereocenters. The Hall–Kier alpha value is -4.46. The molecule has 6 N–H and O–H groups in total. The van der Waals surface area contributed by atoms with Crippen LogP contribution in [0.4, 0.5) is 11.4 Å². The number of nitro benzene ring substituents is 2. The molecule has 3 aromatic rings. The average molecular weight is 778 g/mol. The molecule has 14 nitrogen and oxygen atoms in total. The quantitative estimate of drug-likeness (QED) is 0.121. The van der Waals surface area contributed by atoms with Crippen LogP contribution in [0.2, 0.25) is 0 Å². The van der Waals surface area contributed by atoms with E-state index in [9.17, 15) is 39.4 Å². The Balaban J connectivity index is 0.000000517. The first-order valence-corrected chi connectivity index (χ1v) is 12.4. The highest BCUT2D eigenvalue weighted by molar-refractivity contribution is 14.1. The SMILES string of the molecule is Ic1ccc(I)cc1.NC(=O)c1ccc([N+](=O)[O-])cc1.NC(=O)c1ccc([N+](=O)[O-])cc1.O=C(O)/C=C/C(=O)O. The second kappa shape index (κ2) is 18.7. The van der Waals surface area contributed by atoms with Gasteiger partial charge in [-0.15, -0.1) is 0 Å². The Morgan fingerprint density at radius 1 is 0.600 bits per heavy atom. The van der Waals surface area contributed by atoms with E-state index in [0.717, 1.165) is 0 Å². The molecule has 3 rings (SSSR count). The Morgan fingerprint density at radius 2 is 0.850 bits per heavy atom. The molecule has 2 amide bonds. The van der Waals surface area contributed by atoms with Crippen LogP contribution in [0.1, 0.15) is 20.7 Å². The summed E-state index contributed by atoms with van der Waals surface area (Å²) in [6, 6.07) is 18.6. The largest absolute Gasteiger partial charge is 0.478 e. The lowest BCUT2D eigenvalue weighted by Gasteiger charge is -1.93. The number of nitro groups is 2. The summed E-state index contributed by atoms with van der Waals surface area (Å²) in [5.74, 6) is -3.70. The van der Waals surface area contributed by atoms with Crippen LogP contribution >= 0.6 is 45.2 Å². The molecule has 0 aliphatic rings. The van der Waals surface area contributed by atoms with Crippen molar-refractivity contribution in [3.05, 3.63) is 123 Å². The summed E-state index contributed by atoms with van der Waals surface area (Å²) in [6.07, 6.45) is 1.12. The van der Waals surface area contributed by atoms with E-state index in [0.29, 0.717) is 12.2 Å². The van der Waals surface area contributed by atoms with E-state index in [1.165, 1.54) is 55.7 Å². The van der Waals surface area contributed by atoms with Crippen LogP contribution in [0.3, 0.4) is 0 Å². The van der Waals surface area contributed by atoms with Crippen molar-refractivity contribution in [3.8, 4) is 0 Å². The van der Waals surface area contributed by atoms with Gasteiger partial charge in [0.05, 0.1) is 9.85 Å². The van der Waals surface area contributed by atoms with Crippen molar-refractivity contribution in [1.29, 1.82) is 0 Å². The molecule has 0 heterocycles. The van der Waals surface area contributed by atoms with Crippen molar-refractivity contribution in [2.24, 2.45) is 11.5 Å². The first-order chi connectivity index (χ1) is 18.6. The zero-order valence-electron chi connectivity index (χ0n) is 20.0. The Morgan fingerprint density at radius 3 is 1.02 bits per heavy atom. The number of carboxylic acids is 2. The number of hydrogen-bond acceptors (Lipinski definition) is 8. The Bertz CT molecular complexity index is 1190. The molecule has 0 radical (unpaired) electrons. The maximum absolute atomic E-state index is 10.5. The van der Waals surface area contributed by atoms with Gasteiger partial charge in [-0.25, -0.2) is 9.59 Å². The zero-order valence-corrected chi connectivity index (χ0v) is 24.4. The smallest absolute Gasteiger partial charge is 0.328 e. The van der Waals surface area contributed by atoms with Crippen molar-refractivity contribution < 1.29 is 39.2 Å². The third-order valence-corrected chi connectivity index (χ3v) is 5.34. The lowest BCUT2D eigenvalue weighted by atomic mass is 10.2. The number of non-ortho nitro benzene ring substituents is 2. The van der Waals surface area contributed by atoms with E-state index in [1.807, 2.05) is 0 Å². The molecule has 16 heteroatoms. The molecular weight excluding hydrogens is 758 g/mol. The molecule has 0 fully saturated rings. The van der Waals surface area contributed by atoms with E-state index in [1.54, 1.807) is 0 Å². The van der Waals surface area contributed by atoms with Gasteiger partial charge >= 0.3 is 11.9 Å². The highest BCUT2D eigenvalue weighted by Gasteiger charge is 2.06. The molecule has 0 bridgehead atoms. The molecule has 0 aliphatic heterocycles. The maximum atomic E-state index is 10.5. The van der Waals surface area contributed by atoms with Crippen LogP contribution in [0.25, 0.3) is 0 Å². The predicted molar refractivity (Wildman–Crippen MR) is 160 cm³/mol. The topological polar surface area (TPSA) is 247 Å².